The van der Waals surface area contributed by atoms with Crippen molar-refractivity contribution in [2.45, 2.75) is 37.3 Å². The van der Waals surface area contributed by atoms with E-state index in [1.54, 1.807) is 0 Å². The van der Waals surface area contributed by atoms with Gasteiger partial charge < -0.3 is 5.11 Å². The molecule has 1 fully saturated rings. The van der Waals surface area contributed by atoms with Gasteiger partial charge in [0.2, 0.25) is 0 Å². The van der Waals surface area contributed by atoms with E-state index in [1.165, 1.54) is 0 Å². The molecule has 0 radical (unpaired) electrons. The predicted octanol–water partition coefficient (Wildman–Crippen LogP) is 3.74. The summed E-state index contributed by atoms with van der Waals surface area (Å²) in [6, 6.07) is 2.47. The van der Waals surface area contributed by atoms with Crippen molar-refractivity contribution in [1.82, 2.24) is 0 Å². The van der Waals surface area contributed by atoms with Crippen LogP contribution < -0.4 is 0 Å². The Morgan fingerprint density at radius 2 is 1.79 bits per heavy atom. The van der Waals surface area contributed by atoms with Gasteiger partial charge in [0.1, 0.15) is 5.82 Å². The molecule has 1 aliphatic carbocycles. The van der Waals surface area contributed by atoms with Crippen LogP contribution in [0.2, 0.25) is 0 Å². The molecule has 1 aromatic carbocycles. The molecule has 104 valence electrons. The van der Waals surface area contributed by atoms with E-state index in [2.05, 4.69) is 0 Å². The van der Waals surface area contributed by atoms with E-state index in [-0.39, 0.29) is 18.4 Å². The maximum Gasteiger partial charge on any atom is 0.419 e. The van der Waals surface area contributed by atoms with E-state index >= 15 is 0 Å². The largest absolute Gasteiger partial charge is 0.481 e. The number of halogens is 4. The molecule has 0 spiro atoms. The van der Waals surface area contributed by atoms with E-state index < -0.39 is 28.9 Å². The van der Waals surface area contributed by atoms with Gasteiger partial charge in [-0.2, -0.15) is 13.2 Å². The van der Waals surface area contributed by atoms with E-state index in [0.29, 0.717) is 25.0 Å². The summed E-state index contributed by atoms with van der Waals surface area (Å²) in [5.74, 6) is -2.53. The number of alkyl halides is 3. The van der Waals surface area contributed by atoms with Crippen LogP contribution >= 0.6 is 0 Å². The van der Waals surface area contributed by atoms with Crippen molar-refractivity contribution in [3.05, 3.63) is 35.1 Å². The zero-order valence-electron chi connectivity index (χ0n) is 9.93. The molecule has 0 aromatic heterocycles. The first-order valence-electron chi connectivity index (χ1n) is 5.88. The van der Waals surface area contributed by atoms with Crippen LogP contribution in [0.25, 0.3) is 0 Å². The molecular formula is C13H12F4O2. The predicted molar refractivity (Wildman–Crippen MR) is 59.2 cm³/mol. The van der Waals surface area contributed by atoms with Crippen LogP contribution in [0.1, 0.15) is 36.8 Å². The first kappa shape index (κ1) is 13.8. The topological polar surface area (TPSA) is 37.3 Å². The molecule has 1 saturated carbocycles. The van der Waals surface area contributed by atoms with Crippen molar-refractivity contribution in [2.75, 3.05) is 0 Å². The smallest absolute Gasteiger partial charge is 0.419 e. The van der Waals surface area contributed by atoms with Gasteiger partial charge in [0, 0.05) is 0 Å². The molecule has 0 saturated heterocycles. The van der Waals surface area contributed by atoms with Gasteiger partial charge in [-0.3, -0.25) is 4.79 Å². The molecule has 19 heavy (non-hydrogen) atoms. The number of benzene rings is 1. The number of hydrogen-bond donors (Lipinski definition) is 1. The maximum absolute atomic E-state index is 13.2. The average molecular weight is 276 g/mol. The van der Waals surface area contributed by atoms with E-state index in [4.69, 9.17) is 0 Å². The Kier molecular flexibility index (Phi) is 3.28. The lowest BCUT2D eigenvalue weighted by Gasteiger charge is -2.25. The summed E-state index contributed by atoms with van der Waals surface area (Å²) in [6.07, 6.45) is -2.97. The van der Waals surface area contributed by atoms with Gasteiger partial charge in [0.25, 0.3) is 0 Å². The first-order chi connectivity index (χ1) is 8.77. The highest BCUT2D eigenvalue weighted by molar-refractivity contribution is 5.81. The third-order valence-corrected chi connectivity index (χ3v) is 3.69. The minimum absolute atomic E-state index is 0.0335. The molecule has 0 unspecified atom stereocenters. The average Bonchev–Trinajstić information content (AvgIpc) is 2.78. The van der Waals surface area contributed by atoms with Gasteiger partial charge in [-0.15, -0.1) is 0 Å². The van der Waals surface area contributed by atoms with Crippen LogP contribution in [0.3, 0.4) is 0 Å². The molecule has 1 N–H and O–H groups in total. The minimum Gasteiger partial charge on any atom is -0.481 e. The summed E-state index contributed by atoms with van der Waals surface area (Å²) in [4.78, 5) is 11.4. The molecule has 0 aliphatic heterocycles. The summed E-state index contributed by atoms with van der Waals surface area (Å²) in [5, 5.41) is 9.31. The van der Waals surface area contributed by atoms with Gasteiger partial charge in [-0.05, 0) is 30.5 Å². The number of hydrogen-bond acceptors (Lipinski definition) is 1. The van der Waals surface area contributed by atoms with Crippen LogP contribution in [-0.2, 0) is 16.4 Å². The second kappa shape index (κ2) is 4.51. The molecule has 1 aliphatic rings. The molecule has 0 heterocycles. The van der Waals surface area contributed by atoms with Crippen molar-refractivity contribution in [1.29, 1.82) is 0 Å². The Hall–Kier alpha value is -1.59. The Bertz CT molecular complexity index is 502. The molecule has 1 aromatic rings. The van der Waals surface area contributed by atoms with Crippen molar-refractivity contribution < 1.29 is 27.5 Å². The second-order valence-corrected chi connectivity index (χ2v) is 4.79. The lowest BCUT2D eigenvalue weighted by atomic mass is 9.78. The van der Waals surface area contributed by atoms with Gasteiger partial charge in [0.05, 0.1) is 11.0 Å². The SMILES string of the molecule is O=C(O)C1(c2ccc(F)c(C(F)(F)F)c2)CCCC1. The number of carbonyl (C=O) groups is 1. The molecule has 2 nitrogen and oxygen atoms in total. The highest BCUT2D eigenvalue weighted by atomic mass is 19.4. The van der Waals surface area contributed by atoms with Crippen LogP contribution in [0.15, 0.2) is 18.2 Å². The van der Waals surface area contributed by atoms with Gasteiger partial charge in [-0.25, -0.2) is 4.39 Å². The number of carboxylic acids is 1. The fourth-order valence-corrected chi connectivity index (χ4v) is 2.64. The Labute approximate surface area is 107 Å². The Morgan fingerprint density at radius 3 is 2.26 bits per heavy atom. The zero-order chi connectivity index (χ0) is 14.3. The van der Waals surface area contributed by atoms with Crippen LogP contribution in [0.4, 0.5) is 17.6 Å². The van der Waals surface area contributed by atoms with Crippen molar-refractivity contribution in [2.24, 2.45) is 0 Å². The monoisotopic (exact) mass is 276 g/mol. The number of carboxylic acid groups (broad SMARTS) is 1. The van der Waals surface area contributed by atoms with Crippen LogP contribution in [-0.4, -0.2) is 11.1 Å². The first-order valence-corrected chi connectivity index (χ1v) is 5.88. The normalized spacial score (nSPS) is 18.5. The standard InChI is InChI=1S/C13H12F4O2/c14-10-4-3-8(7-9(10)13(15,16)17)12(11(18)19)5-1-2-6-12/h3-4,7H,1-2,5-6H2,(H,18,19). The van der Waals surface area contributed by atoms with E-state index in [0.717, 1.165) is 6.07 Å². The van der Waals surface area contributed by atoms with Crippen LogP contribution in [0, 0.1) is 5.82 Å². The zero-order valence-corrected chi connectivity index (χ0v) is 9.93. The fraction of sp³-hybridized carbons (Fsp3) is 0.462. The second-order valence-electron chi connectivity index (χ2n) is 4.79. The summed E-state index contributed by atoms with van der Waals surface area (Å²) >= 11 is 0. The van der Waals surface area contributed by atoms with E-state index in [9.17, 15) is 27.5 Å². The van der Waals surface area contributed by atoms with Crippen molar-refractivity contribution in [3.63, 3.8) is 0 Å². The third-order valence-electron chi connectivity index (χ3n) is 3.69. The van der Waals surface area contributed by atoms with Gasteiger partial charge in [-0.1, -0.05) is 18.9 Å². The highest BCUT2D eigenvalue weighted by Crippen LogP contribution is 2.43. The lowest BCUT2D eigenvalue weighted by molar-refractivity contribution is -0.144. The molecule has 0 atom stereocenters. The van der Waals surface area contributed by atoms with Crippen molar-refractivity contribution >= 4 is 5.97 Å². The molecule has 2 rings (SSSR count). The third kappa shape index (κ3) is 2.31. The number of rotatable bonds is 2. The summed E-state index contributed by atoms with van der Waals surface area (Å²) in [5.41, 5.74) is -2.68. The van der Waals surface area contributed by atoms with Gasteiger partial charge >= 0.3 is 12.1 Å². The van der Waals surface area contributed by atoms with Crippen LogP contribution in [0.5, 0.6) is 0 Å². The molecular weight excluding hydrogens is 264 g/mol. The number of aliphatic carboxylic acids is 1. The van der Waals surface area contributed by atoms with E-state index in [1.807, 2.05) is 0 Å². The summed E-state index contributed by atoms with van der Waals surface area (Å²) in [7, 11) is 0. The van der Waals surface area contributed by atoms with Gasteiger partial charge in [0.15, 0.2) is 0 Å². The lowest BCUT2D eigenvalue weighted by Crippen LogP contribution is -2.33. The molecule has 6 heteroatoms. The Morgan fingerprint density at radius 1 is 1.21 bits per heavy atom. The fourth-order valence-electron chi connectivity index (χ4n) is 2.64. The van der Waals surface area contributed by atoms with Crippen molar-refractivity contribution in [3.8, 4) is 0 Å². The molecule has 0 bridgehead atoms. The quantitative estimate of drug-likeness (QED) is 0.835. The minimum atomic E-state index is -4.82. The summed E-state index contributed by atoms with van der Waals surface area (Å²) < 4.78 is 51.2. The maximum atomic E-state index is 13.2. The molecule has 0 amide bonds. The highest BCUT2D eigenvalue weighted by Gasteiger charge is 2.44. The Balaban J connectivity index is 2.54. The summed E-state index contributed by atoms with van der Waals surface area (Å²) in [6.45, 7) is 0.